The third kappa shape index (κ3) is 4.59. The number of nitrogens with one attached hydrogen (secondary N) is 2. The number of anilines is 4. The fourth-order valence-corrected chi connectivity index (χ4v) is 4.54. The van der Waals surface area contributed by atoms with Crippen LogP contribution in [0.25, 0.3) is 10.8 Å². The Hall–Kier alpha value is -3.65. The van der Waals surface area contributed by atoms with Crippen LogP contribution in [0.1, 0.15) is 5.82 Å². The number of benzene rings is 3. The molecule has 0 atom stereocenters. The predicted molar refractivity (Wildman–Crippen MR) is 126 cm³/mol. The summed E-state index contributed by atoms with van der Waals surface area (Å²) in [5.74, 6) is 2.13. The Morgan fingerprint density at radius 3 is 2.26 bits per heavy atom. The molecule has 0 spiro atoms. The molecule has 2 N–H and O–H groups in total. The molecule has 158 valence electrons. The van der Waals surface area contributed by atoms with E-state index in [1.165, 1.54) is 0 Å². The minimum Gasteiger partial charge on any atom is -0.363 e. The van der Waals surface area contributed by atoms with Gasteiger partial charge in [0.15, 0.2) is 0 Å². The van der Waals surface area contributed by atoms with Crippen molar-refractivity contribution in [3.8, 4) is 0 Å². The summed E-state index contributed by atoms with van der Waals surface area (Å²) in [5.41, 5.74) is 1.27. The van der Waals surface area contributed by atoms with Crippen molar-refractivity contribution in [3.63, 3.8) is 0 Å². The van der Waals surface area contributed by atoms with E-state index in [2.05, 4.69) is 20.0 Å². The highest BCUT2D eigenvalue weighted by Gasteiger charge is 2.17. The van der Waals surface area contributed by atoms with E-state index in [4.69, 9.17) is 0 Å². The smallest absolute Gasteiger partial charge is 0.262 e. The summed E-state index contributed by atoms with van der Waals surface area (Å²) in [6, 6.07) is 21.6. The second-order valence-corrected chi connectivity index (χ2v) is 8.99. The van der Waals surface area contributed by atoms with Crippen molar-refractivity contribution in [2.75, 3.05) is 29.0 Å². The van der Waals surface area contributed by atoms with Gasteiger partial charge in [-0.3, -0.25) is 4.72 Å². The minimum absolute atomic E-state index is 0.250. The van der Waals surface area contributed by atoms with Gasteiger partial charge >= 0.3 is 0 Å². The quantitative estimate of drug-likeness (QED) is 0.464. The van der Waals surface area contributed by atoms with Gasteiger partial charge in [0, 0.05) is 36.9 Å². The van der Waals surface area contributed by atoms with Gasteiger partial charge in [-0.2, -0.15) is 0 Å². The van der Waals surface area contributed by atoms with E-state index in [0.717, 1.165) is 16.9 Å². The Balaban J connectivity index is 1.55. The maximum Gasteiger partial charge on any atom is 0.262 e. The van der Waals surface area contributed by atoms with Crippen molar-refractivity contribution in [2.45, 2.75) is 11.8 Å². The lowest BCUT2D eigenvalue weighted by molar-refractivity contribution is 0.602. The SMILES string of the molecule is Cc1nc(Nc2ccc(NS(=O)(=O)c3cccc4ccccc34)cc2)cc(N(C)C)n1. The first-order valence-electron chi connectivity index (χ1n) is 9.72. The number of fused-ring (bicyclic) bond motifs is 1. The molecule has 4 rings (SSSR count). The Bertz CT molecular complexity index is 1330. The summed E-state index contributed by atoms with van der Waals surface area (Å²) < 4.78 is 28.6. The molecule has 1 heterocycles. The van der Waals surface area contributed by atoms with E-state index < -0.39 is 10.0 Å². The van der Waals surface area contributed by atoms with Crippen LogP contribution in [0.5, 0.6) is 0 Å². The third-order valence-electron chi connectivity index (χ3n) is 4.73. The lowest BCUT2D eigenvalue weighted by atomic mass is 10.1. The summed E-state index contributed by atoms with van der Waals surface area (Å²) in [4.78, 5) is 10.9. The van der Waals surface area contributed by atoms with E-state index in [1.54, 1.807) is 36.4 Å². The first-order valence-corrected chi connectivity index (χ1v) is 11.2. The van der Waals surface area contributed by atoms with Crippen LogP contribution in [0.3, 0.4) is 0 Å². The van der Waals surface area contributed by atoms with Gasteiger partial charge in [-0.15, -0.1) is 0 Å². The molecule has 3 aromatic carbocycles. The monoisotopic (exact) mass is 433 g/mol. The standard InChI is InChI=1S/C23H23N5O2S/c1-16-24-22(15-23(25-16)28(2)3)26-18-11-13-19(14-12-18)27-31(29,30)21-10-6-8-17-7-4-5-9-20(17)21/h4-15,27H,1-3H3,(H,24,25,26). The summed E-state index contributed by atoms with van der Waals surface area (Å²) in [7, 11) is 0.109. The highest BCUT2D eigenvalue weighted by atomic mass is 32.2. The Morgan fingerprint density at radius 2 is 1.52 bits per heavy atom. The maximum atomic E-state index is 13.0. The first-order chi connectivity index (χ1) is 14.8. The van der Waals surface area contributed by atoms with Gasteiger partial charge in [0.05, 0.1) is 4.90 Å². The van der Waals surface area contributed by atoms with Crippen molar-refractivity contribution in [2.24, 2.45) is 0 Å². The molecule has 0 aliphatic rings. The van der Waals surface area contributed by atoms with E-state index in [-0.39, 0.29) is 4.90 Å². The summed E-state index contributed by atoms with van der Waals surface area (Å²) >= 11 is 0. The average Bonchev–Trinajstić information content (AvgIpc) is 2.74. The largest absolute Gasteiger partial charge is 0.363 e. The molecule has 31 heavy (non-hydrogen) atoms. The number of aryl methyl sites for hydroxylation is 1. The van der Waals surface area contributed by atoms with E-state index in [0.29, 0.717) is 22.7 Å². The summed E-state index contributed by atoms with van der Waals surface area (Å²) in [6.45, 7) is 1.84. The predicted octanol–water partition coefficient (Wildman–Crippen LogP) is 4.55. The minimum atomic E-state index is -3.73. The number of sulfonamides is 1. The first kappa shape index (κ1) is 20.6. The molecule has 0 fully saturated rings. The van der Waals surface area contributed by atoms with Gasteiger partial charge in [-0.1, -0.05) is 36.4 Å². The zero-order chi connectivity index (χ0) is 22.0. The molecule has 0 saturated carbocycles. The topological polar surface area (TPSA) is 87.2 Å². The molecule has 1 aromatic heterocycles. The van der Waals surface area contributed by atoms with Gasteiger partial charge in [0.1, 0.15) is 17.5 Å². The number of rotatable bonds is 6. The van der Waals surface area contributed by atoms with Crippen LogP contribution < -0.4 is 14.9 Å². The van der Waals surface area contributed by atoms with Gasteiger partial charge in [-0.05, 0) is 42.6 Å². The Labute approximate surface area is 181 Å². The molecule has 8 heteroatoms. The summed E-state index contributed by atoms with van der Waals surface area (Å²) in [6.07, 6.45) is 0. The zero-order valence-electron chi connectivity index (χ0n) is 17.5. The van der Waals surface area contributed by atoms with Gasteiger partial charge in [0.25, 0.3) is 10.0 Å². The van der Waals surface area contributed by atoms with Crippen molar-refractivity contribution < 1.29 is 8.42 Å². The number of aromatic nitrogens is 2. The van der Waals surface area contributed by atoms with Crippen LogP contribution in [0.15, 0.2) is 77.7 Å². The van der Waals surface area contributed by atoms with E-state index in [1.807, 2.05) is 62.3 Å². The highest BCUT2D eigenvalue weighted by Crippen LogP contribution is 2.26. The molecule has 0 bridgehead atoms. The zero-order valence-corrected chi connectivity index (χ0v) is 18.3. The fourth-order valence-electron chi connectivity index (χ4n) is 3.25. The van der Waals surface area contributed by atoms with Gasteiger partial charge in [-0.25, -0.2) is 18.4 Å². The summed E-state index contributed by atoms with van der Waals surface area (Å²) in [5, 5.41) is 4.79. The van der Waals surface area contributed by atoms with E-state index in [9.17, 15) is 8.42 Å². The van der Waals surface area contributed by atoms with E-state index >= 15 is 0 Å². The van der Waals surface area contributed by atoms with Crippen molar-refractivity contribution in [3.05, 3.63) is 78.6 Å². The molecular weight excluding hydrogens is 410 g/mol. The van der Waals surface area contributed by atoms with Crippen molar-refractivity contribution in [1.82, 2.24) is 9.97 Å². The normalized spacial score (nSPS) is 11.3. The molecular formula is C23H23N5O2S. The number of hydrogen-bond donors (Lipinski definition) is 2. The molecule has 7 nitrogen and oxygen atoms in total. The van der Waals surface area contributed by atoms with Crippen LogP contribution in [-0.4, -0.2) is 32.5 Å². The highest BCUT2D eigenvalue weighted by molar-refractivity contribution is 7.93. The number of nitrogens with zero attached hydrogens (tertiary/aromatic N) is 3. The fraction of sp³-hybridized carbons (Fsp3) is 0.130. The maximum absolute atomic E-state index is 13.0. The second-order valence-electron chi connectivity index (χ2n) is 7.34. The Kier molecular flexibility index (Phi) is 5.48. The lowest BCUT2D eigenvalue weighted by Gasteiger charge is -2.14. The molecule has 0 aliphatic heterocycles. The van der Waals surface area contributed by atoms with Crippen molar-refractivity contribution >= 4 is 43.8 Å². The van der Waals surface area contributed by atoms with Crippen LogP contribution >= 0.6 is 0 Å². The number of hydrogen-bond acceptors (Lipinski definition) is 6. The average molecular weight is 434 g/mol. The van der Waals surface area contributed by atoms with Crippen LogP contribution in [0, 0.1) is 6.92 Å². The molecule has 4 aromatic rings. The molecule has 0 saturated heterocycles. The van der Waals surface area contributed by atoms with Gasteiger partial charge in [0.2, 0.25) is 0 Å². The Morgan fingerprint density at radius 1 is 0.839 bits per heavy atom. The molecule has 0 radical (unpaired) electrons. The third-order valence-corrected chi connectivity index (χ3v) is 6.17. The molecule has 0 unspecified atom stereocenters. The second kappa shape index (κ2) is 8.23. The van der Waals surface area contributed by atoms with Gasteiger partial charge < -0.3 is 10.2 Å². The molecule has 0 aliphatic carbocycles. The van der Waals surface area contributed by atoms with Crippen molar-refractivity contribution in [1.29, 1.82) is 0 Å². The molecule has 0 amide bonds. The lowest BCUT2D eigenvalue weighted by Crippen LogP contribution is -2.13. The van der Waals surface area contributed by atoms with Crippen LogP contribution in [0.4, 0.5) is 23.0 Å². The van der Waals surface area contributed by atoms with Crippen LogP contribution in [0.2, 0.25) is 0 Å². The van der Waals surface area contributed by atoms with Crippen LogP contribution in [-0.2, 0) is 10.0 Å².